The highest BCUT2D eigenvalue weighted by atomic mass is 16.5. The molecular formula is C13H14O4. The summed E-state index contributed by atoms with van der Waals surface area (Å²) in [5.41, 5.74) is 0.640. The van der Waals surface area contributed by atoms with Crippen molar-refractivity contribution in [3.05, 3.63) is 35.4 Å². The van der Waals surface area contributed by atoms with Crippen molar-refractivity contribution >= 4 is 11.8 Å². The van der Waals surface area contributed by atoms with E-state index in [9.17, 15) is 9.59 Å². The van der Waals surface area contributed by atoms with Crippen LogP contribution in [0.3, 0.4) is 0 Å². The summed E-state index contributed by atoms with van der Waals surface area (Å²) < 4.78 is 9.94. The zero-order valence-corrected chi connectivity index (χ0v) is 9.86. The van der Waals surface area contributed by atoms with E-state index in [2.05, 4.69) is 0 Å². The second kappa shape index (κ2) is 4.30. The first kappa shape index (κ1) is 11.8. The maximum Gasteiger partial charge on any atom is 0.321 e. The van der Waals surface area contributed by atoms with E-state index in [4.69, 9.17) is 9.47 Å². The van der Waals surface area contributed by atoms with Crippen LogP contribution in [0.25, 0.3) is 0 Å². The number of esters is 1. The molecule has 1 aliphatic heterocycles. The van der Waals surface area contributed by atoms with Crippen LogP contribution in [0, 0.1) is 0 Å². The molecule has 1 aromatic rings. The number of Topliss-reactive ketones (excluding diaryl/α,β-unsaturated/α-hetero) is 1. The molecule has 2 rings (SSSR count). The highest BCUT2D eigenvalue weighted by Crippen LogP contribution is 2.34. The number of ketones is 1. The average molecular weight is 234 g/mol. The predicted molar refractivity (Wildman–Crippen MR) is 61.0 cm³/mol. The van der Waals surface area contributed by atoms with Gasteiger partial charge >= 0.3 is 5.97 Å². The van der Waals surface area contributed by atoms with Crippen molar-refractivity contribution in [1.29, 1.82) is 0 Å². The van der Waals surface area contributed by atoms with Crippen molar-refractivity contribution in [2.24, 2.45) is 0 Å². The number of carbonyl (C=O) groups is 2. The van der Waals surface area contributed by atoms with Crippen LogP contribution in [-0.4, -0.2) is 32.1 Å². The molecule has 0 saturated carbocycles. The molecule has 0 unspecified atom stereocenters. The van der Waals surface area contributed by atoms with Gasteiger partial charge in [0.15, 0.2) is 5.78 Å². The summed E-state index contributed by atoms with van der Waals surface area (Å²) in [6.07, 6.45) is 0. The maximum absolute atomic E-state index is 11.8. The van der Waals surface area contributed by atoms with Gasteiger partial charge in [0.05, 0.1) is 20.3 Å². The van der Waals surface area contributed by atoms with E-state index in [1.165, 1.54) is 14.0 Å². The van der Waals surface area contributed by atoms with Gasteiger partial charge in [-0.15, -0.1) is 0 Å². The molecule has 1 saturated heterocycles. The first-order valence-corrected chi connectivity index (χ1v) is 5.38. The van der Waals surface area contributed by atoms with Crippen LogP contribution in [-0.2, 0) is 19.7 Å². The second-order valence-electron chi connectivity index (χ2n) is 4.20. The average Bonchev–Trinajstić information content (AvgIpc) is 2.27. The minimum atomic E-state index is -0.736. The van der Waals surface area contributed by atoms with Gasteiger partial charge in [0.2, 0.25) is 0 Å². The van der Waals surface area contributed by atoms with E-state index < -0.39 is 5.41 Å². The van der Waals surface area contributed by atoms with Crippen molar-refractivity contribution in [3.63, 3.8) is 0 Å². The van der Waals surface area contributed by atoms with Crippen LogP contribution in [0.15, 0.2) is 24.3 Å². The third-order valence-electron chi connectivity index (χ3n) is 3.09. The first-order valence-electron chi connectivity index (χ1n) is 5.38. The lowest BCUT2D eigenvalue weighted by molar-refractivity contribution is -0.166. The van der Waals surface area contributed by atoms with E-state index >= 15 is 0 Å². The number of methoxy groups -OCH3 is 1. The van der Waals surface area contributed by atoms with E-state index in [-0.39, 0.29) is 11.8 Å². The number of hydrogen-bond donors (Lipinski definition) is 0. The zero-order valence-electron chi connectivity index (χ0n) is 9.86. The van der Waals surface area contributed by atoms with Gasteiger partial charge in [0.25, 0.3) is 0 Å². The molecule has 0 bridgehead atoms. The molecule has 0 aliphatic carbocycles. The van der Waals surface area contributed by atoms with Gasteiger partial charge in [-0.25, -0.2) is 0 Å². The molecular weight excluding hydrogens is 220 g/mol. The summed E-state index contributed by atoms with van der Waals surface area (Å²) in [5, 5.41) is 0. The lowest BCUT2D eigenvalue weighted by atomic mass is 9.78. The summed E-state index contributed by atoms with van der Waals surface area (Å²) in [6.45, 7) is 2.11. The predicted octanol–water partition coefficient (Wildman–Crippen LogP) is 1.33. The highest BCUT2D eigenvalue weighted by molar-refractivity contribution is 5.95. The Hall–Kier alpha value is -1.68. The molecule has 4 heteroatoms. The first-order chi connectivity index (χ1) is 8.10. The van der Waals surface area contributed by atoms with Crippen molar-refractivity contribution in [1.82, 2.24) is 0 Å². The molecule has 1 aromatic carbocycles. The lowest BCUT2D eigenvalue weighted by Crippen LogP contribution is -2.53. The fraction of sp³-hybridized carbons (Fsp3) is 0.385. The summed E-state index contributed by atoms with van der Waals surface area (Å²) in [6, 6.07) is 7.07. The largest absolute Gasteiger partial charge is 0.468 e. The maximum atomic E-state index is 11.8. The minimum Gasteiger partial charge on any atom is -0.468 e. The van der Waals surface area contributed by atoms with Gasteiger partial charge < -0.3 is 9.47 Å². The number of benzene rings is 1. The lowest BCUT2D eigenvalue weighted by Gasteiger charge is -2.39. The quantitative estimate of drug-likeness (QED) is 0.585. The monoisotopic (exact) mass is 234 g/mol. The molecule has 0 N–H and O–H groups in total. The smallest absolute Gasteiger partial charge is 0.321 e. The third-order valence-corrected chi connectivity index (χ3v) is 3.09. The molecule has 0 radical (unpaired) electrons. The molecule has 0 amide bonds. The molecule has 4 nitrogen and oxygen atoms in total. The molecule has 0 spiro atoms. The van der Waals surface area contributed by atoms with Crippen LogP contribution >= 0.6 is 0 Å². The number of carbonyl (C=O) groups excluding carboxylic acids is 2. The molecule has 1 fully saturated rings. The standard InChI is InChI=1S/C13H14O4/c1-9(14)10-4-3-5-11(6-10)13(7-17-8-13)12(15)16-2/h3-6H,7-8H2,1-2H3. The topological polar surface area (TPSA) is 52.6 Å². The Balaban J connectivity index is 2.41. The van der Waals surface area contributed by atoms with Crippen LogP contribution in [0.1, 0.15) is 22.8 Å². The summed E-state index contributed by atoms with van der Waals surface area (Å²) >= 11 is 0. The molecule has 0 atom stereocenters. The molecule has 17 heavy (non-hydrogen) atoms. The van der Waals surface area contributed by atoms with E-state index in [0.29, 0.717) is 18.8 Å². The molecule has 1 aliphatic rings. The Bertz CT molecular complexity index is 460. The van der Waals surface area contributed by atoms with E-state index in [1.54, 1.807) is 18.2 Å². The van der Waals surface area contributed by atoms with Crippen molar-refractivity contribution < 1.29 is 19.1 Å². The fourth-order valence-corrected chi connectivity index (χ4v) is 1.94. The second-order valence-corrected chi connectivity index (χ2v) is 4.20. The SMILES string of the molecule is COC(=O)C1(c2cccc(C(C)=O)c2)COC1. The highest BCUT2D eigenvalue weighted by Gasteiger charge is 2.48. The number of hydrogen-bond acceptors (Lipinski definition) is 4. The Kier molecular flexibility index (Phi) is 2.98. The summed E-state index contributed by atoms with van der Waals surface area (Å²) in [7, 11) is 1.36. The van der Waals surface area contributed by atoms with Crippen LogP contribution < -0.4 is 0 Å². The molecule has 1 heterocycles. The Morgan fingerprint density at radius 2 is 2.06 bits per heavy atom. The van der Waals surface area contributed by atoms with Gasteiger partial charge in [0, 0.05) is 5.56 Å². The normalized spacial score (nSPS) is 17.1. The zero-order chi connectivity index (χ0) is 12.5. The van der Waals surface area contributed by atoms with Crippen molar-refractivity contribution in [2.75, 3.05) is 20.3 Å². The van der Waals surface area contributed by atoms with Crippen LogP contribution in [0.2, 0.25) is 0 Å². The van der Waals surface area contributed by atoms with E-state index in [0.717, 1.165) is 5.56 Å². The number of ether oxygens (including phenoxy) is 2. The van der Waals surface area contributed by atoms with Gasteiger partial charge in [0.1, 0.15) is 5.41 Å². The van der Waals surface area contributed by atoms with Crippen LogP contribution in [0.4, 0.5) is 0 Å². The fourth-order valence-electron chi connectivity index (χ4n) is 1.94. The Morgan fingerprint density at radius 1 is 1.35 bits per heavy atom. The Labute approximate surface area is 99.5 Å². The Morgan fingerprint density at radius 3 is 2.53 bits per heavy atom. The van der Waals surface area contributed by atoms with Gasteiger partial charge in [-0.05, 0) is 18.6 Å². The van der Waals surface area contributed by atoms with Crippen molar-refractivity contribution in [2.45, 2.75) is 12.3 Å². The van der Waals surface area contributed by atoms with Gasteiger partial charge in [-0.2, -0.15) is 0 Å². The minimum absolute atomic E-state index is 0.0212. The number of rotatable bonds is 3. The van der Waals surface area contributed by atoms with Gasteiger partial charge in [-0.3, -0.25) is 9.59 Å². The molecule has 0 aromatic heterocycles. The van der Waals surface area contributed by atoms with E-state index in [1.807, 2.05) is 6.07 Å². The van der Waals surface area contributed by atoms with Gasteiger partial charge in [-0.1, -0.05) is 18.2 Å². The summed E-state index contributed by atoms with van der Waals surface area (Å²) in [5.74, 6) is -0.337. The molecule has 90 valence electrons. The van der Waals surface area contributed by atoms with Crippen LogP contribution in [0.5, 0.6) is 0 Å². The van der Waals surface area contributed by atoms with Crippen molar-refractivity contribution in [3.8, 4) is 0 Å². The third kappa shape index (κ3) is 1.85. The summed E-state index contributed by atoms with van der Waals surface area (Å²) in [4.78, 5) is 23.1.